The molecule has 0 bridgehead atoms. The first kappa shape index (κ1) is 20.0. The van der Waals surface area contributed by atoms with E-state index >= 15 is 0 Å². The Balaban J connectivity index is 1.50. The third-order valence-corrected chi connectivity index (χ3v) is 5.99. The van der Waals surface area contributed by atoms with Gasteiger partial charge in [-0.05, 0) is 66.2 Å². The van der Waals surface area contributed by atoms with Gasteiger partial charge in [0.05, 0.1) is 12.9 Å². The molecule has 2 amide bonds. The van der Waals surface area contributed by atoms with Crippen molar-refractivity contribution in [2.24, 2.45) is 0 Å². The first-order chi connectivity index (χ1) is 14.5. The van der Waals surface area contributed by atoms with Gasteiger partial charge in [-0.3, -0.25) is 14.5 Å². The fraction of sp³-hybridized carbons (Fsp3) is 0.130. The summed E-state index contributed by atoms with van der Waals surface area (Å²) in [4.78, 5) is 26.6. The molecule has 1 fully saturated rings. The Morgan fingerprint density at radius 3 is 2.33 bits per heavy atom. The van der Waals surface area contributed by atoms with E-state index < -0.39 is 0 Å². The highest BCUT2D eigenvalue weighted by Gasteiger charge is 2.34. The molecular formula is C23H19FN2O3S. The number of halogens is 1. The Bertz CT molecular complexity index is 1050. The number of hydrogen-bond acceptors (Lipinski definition) is 4. The number of nitrogens with zero attached hydrogens (tertiary/aromatic N) is 1. The van der Waals surface area contributed by atoms with Gasteiger partial charge in [0, 0.05) is 16.9 Å². The maximum Gasteiger partial charge on any atom is 0.255 e. The summed E-state index contributed by atoms with van der Waals surface area (Å²) in [5.74, 6) is 0.480. The van der Waals surface area contributed by atoms with E-state index in [0.717, 1.165) is 17.0 Å². The van der Waals surface area contributed by atoms with Crippen LogP contribution < -0.4 is 15.0 Å². The molecule has 152 valence electrons. The summed E-state index contributed by atoms with van der Waals surface area (Å²) >= 11 is 1.56. The second-order valence-electron chi connectivity index (χ2n) is 6.71. The molecule has 1 atom stereocenters. The SMILES string of the molecule is COc1ccc(N2C(=O)CS[C@H]2c2ccc(NC(=O)c3ccc(F)cc3)cc2)cc1. The molecule has 3 aromatic rings. The molecule has 1 N–H and O–H groups in total. The minimum absolute atomic E-state index is 0.0452. The van der Waals surface area contributed by atoms with E-state index in [4.69, 9.17) is 4.74 Å². The first-order valence-electron chi connectivity index (χ1n) is 9.30. The van der Waals surface area contributed by atoms with Crippen molar-refractivity contribution in [1.82, 2.24) is 0 Å². The average Bonchev–Trinajstić information content (AvgIpc) is 3.16. The van der Waals surface area contributed by atoms with Gasteiger partial charge in [-0.1, -0.05) is 12.1 Å². The maximum atomic E-state index is 13.0. The zero-order chi connectivity index (χ0) is 21.1. The van der Waals surface area contributed by atoms with Crippen molar-refractivity contribution in [2.75, 3.05) is 23.1 Å². The van der Waals surface area contributed by atoms with Crippen LogP contribution in [0.25, 0.3) is 0 Å². The number of carbonyl (C=O) groups excluding carboxylic acids is 2. The topological polar surface area (TPSA) is 58.6 Å². The number of rotatable bonds is 5. The molecule has 5 nitrogen and oxygen atoms in total. The molecule has 0 saturated carbocycles. The van der Waals surface area contributed by atoms with Crippen LogP contribution in [-0.4, -0.2) is 24.7 Å². The van der Waals surface area contributed by atoms with Crippen LogP contribution in [0, 0.1) is 5.82 Å². The normalized spacial score (nSPS) is 15.9. The van der Waals surface area contributed by atoms with Crippen molar-refractivity contribution in [3.05, 3.63) is 89.7 Å². The lowest BCUT2D eigenvalue weighted by molar-refractivity contribution is -0.115. The third-order valence-electron chi connectivity index (χ3n) is 4.78. The molecule has 30 heavy (non-hydrogen) atoms. The number of amides is 2. The number of nitrogens with one attached hydrogen (secondary N) is 1. The van der Waals surface area contributed by atoms with E-state index in [1.807, 2.05) is 36.4 Å². The zero-order valence-electron chi connectivity index (χ0n) is 16.2. The number of ether oxygens (including phenoxy) is 1. The van der Waals surface area contributed by atoms with E-state index in [9.17, 15) is 14.0 Å². The summed E-state index contributed by atoms with van der Waals surface area (Å²) in [6.07, 6.45) is 0. The van der Waals surface area contributed by atoms with Crippen molar-refractivity contribution in [2.45, 2.75) is 5.37 Å². The van der Waals surface area contributed by atoms with Gasteiger partial charge in [0.15, 0.2) is 0 Å². The Hall–Kier alpha value is -3.32. The molecule has 4 rings (SSSR count). The molecule has 1 heterocycles. The van der Waals surface area contributed by atoms with Gasteiger partial charge in [0.2, 0.25) is 5.91 Å². The molecule has 1 saturated heterocycles. The van der Waals surface area contributed by atoms with Crippen molar-refractivity contribution in [3.63, 3.8) is 0 Å². The van der Waals surface area contributed by atoms with Crippen LogP contribution in [-0.2, 0) is 4.79 Å². The largest absolute Gasteiger partial charge is 0.497 e. The van der Waals surface area contributed by atoms with E-state index in [1.54, 1.807) is 35.9 Å². The van der Waals surface area contributed by atoms with Crippen LogP contribution in [0.1, 0.15) is 21.3 Å². The Morgan fingerprint density at radius 1 is 1.03 bits per heavy atom. The minimum Gasteiger partial charge on any atom is -0.497 e. The number of methoxy groups -OCH3 is 1. The van der Waals surface area contributed by atoms with Gasteiger partial charge >= 0.3 is 0 Å². The number of carbonyl (C=O) groups is 2. The lowest BCUT2D eigenvalue weighted by Gasteiger charge is -2.24. The molecule has 0 aromatic heterocycles. The standard InChI is InChI=1S/C23H19FN2O3S/c1-29-20-12-10-19(11-13-20)26-21(27)14-30-23(26)16-4-8-18(9-5-16)25-22(28)15-2-6-17(24)7-3-15/h2-13,23H,14H2,1H3,(H,25,28)/t23-/m0/s1. The van der Waals surface area contributed by atoms with E-state index in [0.29, 0.717) is 17.0 Å². The van der Waals surface area contributed by atoms with Crippen molar-refractivity contribution in [3.8, 4) is 5.75 Å². The minimum atomic E-state index is -0.388. The zero-order valence-corrected chi connectivity index (χ0v) is 17.0. The summed E-state index contributed by atoms with van der Waals surface area (Å²) < 4.78 is 18.2. The van der Waals surface area contributed by atoms with E-state index in [2.05, 4.69) is 5.32 Å². The third kappa shape index (κ3) is 4.16. The lowest BCUT2D eigenvalue weighted by Crippen LogP contribution is -2.27. The summed E-state index contributed by atoms with van der Waals surface area (Å²) in [6, 6.07) is 20.2. The van der Waals surface area contributed by atoms with Gasteiger partial charge in [0.25, 0.3) is 5.91 Å². The molecule has 0 spiro atoms. The van der Waals surface area contributed by atoms with Crippen molar-refractivity contribution in [1.29, 1.82) is 0 Å². The van der Waals surface area contributed by atoms with Gasteiger partial charge in [-0.2, -0.15) is 0 Å². The summed E-state index contributed by atoms with van der Waals surface area (Å²) in [5, 5.41) is 2.65. The van der Waals surface area contributed by atoms with Gasteiger partial charge < -0.3 is 10.1 Å². The van der Waals surface area contributed by atoms with Gasteiger partial charge in [0.1, 0.15) is 16.9 Å². The smallest absolute Gasteiger partial charge is 0.255 e. The Labute approximate surface area is 177 Å². The number of benzene rings is 3. The Kier molecular flexibility index (Phi) is 5.72. The second kappa shape index (κ2) is 8.59. The molecule has 0 radical (unpaired) electrons. The molecule has 3 aromatic carbocycles. The van der Waals surface area contributed by atoms with E-state index in [1.165, 1.54) is 24.3 Å². The molecule has 0 aliphatic carbocycles. The van der Waals surface area contributed by atoms with Crippen LogP contribution in [0.2, 0.25) is 0 Å². The number of anilines is 2. The lowest BCUT2D eigenvalue weighted by atomic mass is 10.1. The van der Waals surface area contributed by atoms with Crippen LogP contribution in [0.5, 0.6) is 5.75 Å². The highest BCUT2D eigenvalue weighted by atomic mass is 32.2. The molecule has 7 heteroatoms. The molecule has 0 unspecified atom stereocenters. The number of thioether (sulfide) groups is 1. The molecule has 1 aliphatic rings. The van der Waals surface area contributed by atoms with E-state index in [-0.39, 0.29) is 23.0 Å². The van der Waals surface area contributed by atoms with Crippen LogP contribution in [0.3, 0.4) is 0 Å². The average molecular weight is 422 g/mol. The molecular weight excluding hydrogens is 403 g/mol. The highest BCUT2D eigenvalue weighted by molar-refractivity contribution is 8.00. The highest BCUT2D eigenvalue weighted by Crippen LogP contribution is 2.42. The predicted octanol–water partition coefficient (Wildman–Crippen LogP) is 4.87. The monoisotopic (exact) mass is 422 g/mol. The quantitative estimate of drug-likeness (QED) is 0.638. The van der Waals surface area contributed by atoms with Crippen molar-refractivity contribution >= 4 is 35.0 Å². The van der Waals surface area contributed by atoms with Crippen LogP contribution >= 0.6 is 11.8 Å². The van der Waals surface area contributed by atoms with Crippen molar-refractivity contribution < 1.29 is 18.7 Å². The van der Waals surface area contributed by atoms with Crippen LogP contribution in [0.4, 0.5) is 15.8 Å². The summed E-state index contributed by atoms with van der Waals surface area (Å²) in [7, 11) is 1.60. The summed E-state index contributed by atoms with van der Waals surface area (Å²) in [6.45, 7) is 0. The number of hydrogen-bond donors (Lipinski definition) is 1. The van der Waals surface area contributed by atoms with Gasteiger partial charge in [-0.25, -0.2) is 4.39 Å². The predicted molar refractivity (Wildman–Crippen MR) is 116 cm³/mol. The fourth-order valence-electron chi connectivity index (χ4n) is 3.23. The Morgan fingerprint density at radius 2 is 1.70 bits per heavy atom. The first-order valence-corrected chi connectivity index (χ1v) is 10.3. The summed E-state index contributed by atoms with van der Waals surface area (Å²) in [5.41, 5.74) is 2.77. The fourth-order valence-corrected chi connectivity index (χ4v) is 4.41. The molecule has 1 aliphatic heterocycles. The second-order valence-corrected chi connectivity index (χ2v) is 7.78. The maximum absolute atomic E-state index is 13.0. The van der Waals surface area contributed by atoms with Gasteiger partial charge in [-0.15, -0.1) is 11.8 Å². The van der Waals surface area contributed by atoms with Crippen LogP contribution in [0.15, 0.2) is 72.8 Å².